The molecule has 2 aliphatic heterocycles. The molecule has 5 heteroatoms. The number of urea groups is 1. The molecular formula is C17H31N3O2. The van der Waals surface area contributed by atoms with Crippen LogP contribution in [0.25, 0.3) is 0 Å². The van der Waals surface area contributed by atoms with Crippen LogP contribution in [0.5, 0.6) is 0 Å². The van der Waals surface area contributed by atoms with E-state index in [1.807, 2.05) is 4.90 Å². The first-order chi connectivity index (χ1) is 10.8. The minimum atomic E-state index is 0.0935. The quantitative estimate of drug-likeness (QED) is 0.813. The average molecular weight is 309 g/mol. The van der Waals surface area contributed by atoms with Gasteiger partial charge in [0.1, 0.15) is 0 Å². The molecule has 0 spiro atoms. The van der Waals surface area contributed by atoms with Crippen molar-refractivity contribution >= 4 is 6.03 Å². The first kappa shape index (κ1) is 16.1. The highest BCUT2D eigenvalue weighted by molar-refractivity contribution is 5.74. The number of carbonyl (C=O) groups is 1. The van der Waals surface area contributed by atoms with Crippen LogP contribution in [-0.4, -0.2) is 67.3 Å². The Morgan fingerprint density at radius 3 is 2.32 bits per heavy atom. The molecule has 1 atom stereocenters. The van der Waals surface area contributed by atoms with E-state index in [1.165, 1.54) is 38.5 Å². The molecule has 2 saturated heterocycles. The Balaban J connectivity index is 1.37. The van der Waals surface area contributed by atoms with Gasteiger partial charge >= 0.3 is 6.03 Å². The van der Waals surface area contributed by atoms with Crippen LogP contribution in [0.2, 0.25) is 0 Å². The van der Waals surface area contributed by atoms with Crippen molar-refractivity contribution in [2.75, 3.05) is 39.3 Å². The average Bonchev–Trinajstić information content (AvgIpc) is 2.93. The number of amides is 2. The Bertz CT molecular complexity index is 342. The number of rotatable bonds is 3. The first-order valence-electron chi connectivity index (χ1n) is 9.21. The largest absolute Gasteiger partial charge is 0.376 e. The van der Waals surface area contributed by atoms with Crippen molar-refractivity contribution in [1.82, 2.24) is 15.1 Å². The molecule has 0 bridgehead atoms. The standard InChI is InChI=1S/C17H31N3O2/c21-17(18-14-16-8-5-13-22-16)20-11-9-19(10-12-20)15-6-3-1-2-4-7-15/h15-16H,1-14H2,(H,18,21). The van der Waals surface area contributed by atoms with E-state index < -0.39 is 0 Å². The number of carbonyl (C=O) groups excluding carboxylic acids is 1. The molecule has 1 saturated carbocycles. The van der Waals surface area contributed by atoms with Crippen LogP contribution in [-0.2, 0) is 4.74 Å². The fourth-order valence-electron chi connectivity index (χ4n) is 4.03. The Morgan fingerprint density at radius 1 is 0.955 bits per heavy atom. The van der Waals surface area contributed by atoms with Crippen molar-refractivity contribution in [3.8, 4) is 0 Å². The second-order valence-corrected chi connectivity index (χ2v) is 6.99. The normalized spacial score (nSPS) is 28.5. The van der Waals surface area contributed by atoms with Crippen molar-refractivity contribution < 1.29 is 9.53 Å². The van der Waals surface area contributed by atoms with Crippen molar-refractivity contribution in [2.24, 2.45) is 0 Å². The third-order valence-electron chi connectivity index (χ3n) is 5.45. The summed E-state index contributed by atoms with van der Waals surface area (Å²) >= 11 is 0. The third-order valence-corrected chi connectivity index (χ3v) is 5.45. The molecule has 0 aromatic carbocycles. The van der Waals surface area contributed by atoms with Crippen molar-refractivity contribution in [2.45, 2.75) is 63.5 Å². The predicted octanol–water partition coefficient (Wildman–Crippen LogP) is 2.22. The lowest BCUT2D eigenvalue weighted by atomic mass is 10.1. The van der Waals surface area contributed by atoms with E-state index >= 15 is 0 Å². The van der Waals surface area contributed by atoms with Crippen molar-refractivity contribution in [3.05, 3.63) is 0 Å². The maximum absolute atomic E-state index is 12.2. The highest BCUT2D eigenvalue weighted by Crippen LogP contribution is 2.22. The van der Waals surface area contributed by atoms with Gasteiger partial charge in [-0.2, -0.15) is 0 Å². The molecule has 2 heterocycles. The maximum Gasteiger partial charge on any atom is 0.317 e. The summed E-state index contributed by atoms with van der Waals surface area (Å²) in [6.45, 7) is 5.33. The molecule has 0 aromatic heterocycles. The minimum Gasteiger partial charge on any atom is -0.376 e. The van der Waals surface area contributed by atoms with Gasteiger partial charge in [-0.05, 0) is 25.7 Å². The van der Waals surface area contributed by atoms with Crippen LogP contribution in [0, 0.1) is 0 Å². The van der Waals surface area contributed by atoms with Gasteiger partial charge < -0.3 is 15.0 Å². The van der Waals surface area contributed by atoms with E-state index in [1.54, 1.807) is 0 Å². The highest BCUT2D eigenvalue weighted by Gasteiger charge is 2.27. The molecule has 3 fully saturated rings. The molecule has 0 aromatic rings. The predicted molar refractivity (Wildman–Crippen MR) is 87.0 cm³/mol. The molecule has 22 heavy (non-hydrogen) atoms. The summed E-state index contributed by atoms with van der Waals surface area (Å²) in [7, 11) is 0. The number of hydrogen-bond donors (Lipinski definition) is 1. The summed E-state index contributed by atoms with van der Waals surface area (Å²) in [5, 5.41) is 3.04. The number of ether oxygens (including phenoxy) is 1. The van der Waals surface area contributed by atoms with Crippen LogP contribution < -0.4 is 5.32 Å². The van der Waals surface area contributed by atoms with Gasteiger partial charge in [-0.15, -0.1) is 0 Å². The van der Waals surface area contributed by atoms with Gasteiger partial charge in [0.25, 0.3) is 0 Å². The van der Waals surface area contributed by atoms with Gasteiger partial charge in [0.05, 0.1) is 6.10 Å². The molecule has 0 radical (unpaired) electrons. The van der Waals surface area contributed by atoms with Crippen molar-refractivity contribution in [1.29, 1.82) is 0 Å². The SMILES string of the molecule is O=C(NCC1CCCO1)N1CCN(C2CCCCCC2)CC1. The summed E-state index contributed by atoms with van der Waals surface area (Å²) < 4.78 is 5.56. The molecule has 3 rings (SSSR count). The van der Waals surface area contributed by atoms with Crippen LogP contribution in [0.1, 0.15) is 51.4 Å². The smallest absolute Gasteiger partial charge is 0.317 e. The Labute approximate surface area is 134 Å². The zero-order chi connectivity index (χ0) is 15.2. The number of nitrogens with zero attached hydrogens (tertiary/aromatic N) is 2. The van der Waals surface area contributed by atoms with Gasteiger partial charge in [-0.3, -0.25) is 4.90 Å². The second-order valence-electron chi connectivity index (χ2n) is 6.99. The highest BCUT2D eigenvalue weighted by atomic mass is 16.5. The van der Waals surface area contributed by atoms with E-state index in [4.69, 9.17) is 4.74 Å². The minimum absolute atomic E-state index is 0.0935. The molecule has 1 N–H and O–H groups in total. The molecule has 2 amide bonds. The van der Waals surface area contributed by atoms with Crippen LogP contribution in [0.4, 0.5) is 4.79 Å². The summed E-state index contributed by atoms with van der Waals surface area (Å²) in [5.41, 5.74) is 0. The topological polar surface area (TPSA) is 44.8 Å². The lowest BCUT2D eigenvalue weighted by molar-refractivity contribution is 0.0921. The lowest BCUT2D eigenvalue weighted by Gasteiger charge is -2.39. The van der Waals surface area contributed by atoms with Crippen LogP contribution >= 0.6 is 0 Å². The molecular weight excluding hydrogens is 278 g/mol. The van der Waals surface area contributed by atoms with Gasteiger partial charge in [0.2, 0.25) is 0 Å². The molecule has 3 aliphatic rings. The van der Waals surface area contributed by atoms with E-state index in [0.29, 0.717) is 6.54 Å². The van der Waals surface area contributed by atoms with Crippen LogP contribution in [0.15, 0.2) is 0 Å². The van der Waals surface area contributed by atoms with Gasteiger partial charge in [-0.1, -0.05) is 25.7 Å². The summed E-state index contributed by atoms with van der Waals surface area (Å²) in [6, 6.07) is 0.857. The molecule has 126 valence electrons. The van der Waals surface area contributed by atoms with E-state index in [-0.39, 0.29) is 12.1 Å². The molecule has 1 unspecified atom stereocenters. The first-order valence-corrected chi connectivity index (χ1v) is 9.21. The zero-order valence-electron chi connectivity index (χ0n) is 13.8. The molecule has 1 aliphatic carbocycles. The zero-order valence-corrected chi connectivity index (χ0v) is 13.8. The van der Waals surface area contributed by atoms with Gasteiger partial charge in [-0.25, -0.2) is 4.79 Å². The maximum atomic E-state index is 12.2. The van der Waals surface area contributed by atoms with Crippen LogP contribution in [0.3, 0.4) is 0 Å². The van der Waals surface area contributed by atoms with E-state index in [2.05, 4.69) is 10.2 Å². The fourth-order valence-corrected chi connectivity index (χ4v) is 4.03. The Morgan fingerprint density at radius 2 is 1.68 bits per heavy atom. The number of piperazine rings is 1. The summed E-state index contributed by atoms with van der Waals surface area (Å²) in [5.74, 6) is 0. The number of hydrogen-bond acceptors (Lipinski definition) is 3. The number of nitrogens with one attached hydrogen (secondary N) is 1. The summed E-state index contributed by atoms with van der Waals surface area (Å²) in [6.07, 6.45) is 10.7. The van der Waals surface area contributed by atoms with Gasteiger partial charge in [0, 0.05) is 45.4 Å². The summed E-state index contributed by atoms with van der Waals surface area (Å²) in [4.78, 5) is 16.8. The second kappa shape index (κ2) is 8.16. The Hall–Kier alpha value is -0.810. The van der Waals surface area contributed by atoms with Crippen molar-refractivity contribution in [3.63, 3.8) is 0 Å². The monoisotopic (exact) mass is 309 g/mol. The lowest BCUT2D eigenvalue weighted by Crippen LogP contribution is -2.54. The van der Waals surface area contributed by atoms with Gasteiger partial charge in [0.15, 0.2) is 0 Å². The molecule has 5 nitrogen and oxygen atoms in total. The third kappa shape index (κ3) is 4.35. The van der Waals surface area contributed by atoms with E-state index in [9.17, 15) is 4.79 Å². The van der Waals surface area contributed by atoms with E-state index in [0.717, 1.165) is 51.7 Å². The Kier molecular flexibility index (Phi) is 5.96. The fraction of sp³-hybridized carbons (Fsp3) is 0.941.